The summed E-state index contributed by atoms with van der Waals surface area (Å²) in [7, 11) is 1.67. The molecule has 4 heteroatoms. The summed E-state index contributed by atoms with van der Waals surface area (Å²) in [5, 5.41) is 5.96. The fourth-order valence-corrected chi connectivity index (χ4v) is 1.79. The van der Waals surface area contributed by atoms with Crippen molar-refractivity contribution < 1.29 is 4.79 Å². The number of rotatable bonds is 7. The fraction of sp³-hybridized carbons (Fsp3) is 0.889. The molecule has 1 unspecified atom stereocenters. The van der Waals surface area contributed by atoms with Gasteiger partial charge in [-0.15, -0.1) is 0 Å². The average Bonchev–Trinajstić information content (AvgIpc) is 2.16. The van der Waals surface area contributed by atoms with Gasteiger partial charge in [-0.2, -0.15) is 11.8 Å². The molecule has 0 heterocycles. The van der Waals surface area contributed by atoms with Crippen LogP contribution in [0.15, 0.2) is 0 Å². The van der Waals surface area contributed by atoms with Gasteiger partial charge in [0.25, 0.3) is 0 Å². The van der Waals surface area contributed by atoms with Gasteiger partial charge >= 0.3 is 0 Å². The van der Waals surface area contributed by atoms with Crippen molar-refractivity contribution in [3.05, 3.63) is 0 Å². The number of hydrogen-bond donors (Lipinski definition) is 2. The predicted octanol–water partition coefficient (Wildman–Crippen LogP) is 0.854. The maximum Gasteiger partial charge on any atom is 0.221 e. The Hall–Kier alpha value is -0.220. The molecule has 0 radical (unpaired) electrons. The van der Waals surface area contributed by atoms with Gasteiger partial charge in [0.15, 0.2) is 0 Å². The Kier molecular flexibility index (Phi) is 8.24. The number of carbonyl (C=O) groups excluding carboxylic acids is 1. The average molecular weight is 204 g/mol. The lowest BCUT2D eigenvalue weighted by Crippen LogP contribution is -2.33. The van der Waals surface area contributed by atoms with E-state index in [0.29, 0.717) is 12.5 Å². The minimum absolute atomic E-state index is 0.103. The first kappa shape index (κ1) is 12.8. The maximum atomic E-state index is 10.9. The van der Waals surface area contributed by atoms with E-state index in [4.69, 9.17) is 0 Å². The van der Waals surface area contributed by atoms with E-state index in [1.807, 2.05) is 11.8 Å². The van der Waals surface area contributed by atoms with Crippen molar-refractivity contribution in [2.24, 2.45) is 0 Å². The quantitative estimate of drug-likeness (QED) is 0.646. The zero-order valence-electron chi connectivity index (χ0n) is 8.72. The minimum Gasteiger partial charge on any atom is -0.359 e. The van der Waals surface area contributed by atoms with Crippen LogP contribution >= 0.6 is 11.8 Å². The van der Waals surface area contributed by atoms with E-state index in [0.717, 1.165) is 18.7 Å². The summed E-state index contributed by atoms with van der Waals surface area (Å²) in [5.74, 6) is 1.22. The van der Waals surface area contributed by atoms with Crippen molar-refractivity contribution in [1.29, 1.82) is 0 Å². The van der Waals surface area contributed by atoms with Crippen LogP contribution in [0.2, 0.25) is 0 Å². The number of hydrogen-bond acceptors (Lipinski definition) is 3. The molecule has 1 amide bonds. The van der Waals surface area contributed by atoms with Crippen molar-refractivity contribution >= 4 is 17.7 Å². The van der Waals surface area contributed by atoms with Gasteiger partial charge in [0.05, 0.1) is 0 Å². The summed E-state index contributed by atoms with van der Waals surface area (Å²) < 4.78 is 0. The highest BCUT2D eigenvalue weighted by Crippen LogP contribution is 2.00. The molecule has 0 aromatic heterocycles. The lowest BCUT2D eigenvalue weighted by molar-refractivity contribution is -0.120. The molecule has 0 aliphatic rings. The van der Waals surface area contributed by atoms with E-state index in [2.05, 4.69) is 23.8 Å². The molecular weight excluding hydrogens is 184 g/mol. The van der Waals surface area contributed by atoms with Crippen LogP contribution in [0.3, 0.4) is 0 Å². The van der Waals surface area contributed by atoms with Crippen molar-refractivity contribution in [3.63, 3.8) is 0 Å². The molecule has 0 bridgehead atoms. The Labute approximate surface area is 85.0 Å². The third kappa shape index (κ3) is 6.90. The highest BCUT2D eigenvalue weighted by molar-refractivity contribution is 7.98. The smallest absolute Gasteiger partial charge is 0.221 e. The summed E-state index contributed by atoms with van der Waals surface area (Å²) >= 11 is 1.84. The van der Waals surface area contributed by atoms with Crippen LogP contribution in [0, 0.1) is 0 Å². The molecule has 78 valence electrons. The fourth-order valence-electron chi connectivity index (χ4n) is 1.04. The van der Waals surface area contributed by atoms with Gasteiger partial charge in [0.1, 0.15) is 0 Å². The standard InChI is InChI=1S/C9H20N2OS/c1-4-8(7-13-3)11-6-5-9(12)10-2/h8,11H,4-7H2,1-3H3,(H,10,12). The first-order valence-corrected chi connectivity index (χ1v) is 6.06. The predicted molar refractivity (Wildman–Crippen MR) is 59.1 cm³/mol. The van der Waals surface area contributed by atoms with Crippen LogP contribution in [0.25, 0.3) is 0 Å². The minimum atomic E-state index is 0.103. The first-order chi connectivity index (χ1) is 6.24. The van der Waals surface area contributed by atoms with Crippen molar-refractivity contribution in [1.82, 2.24) is 10.6 Å². The summed E-state index contributed by atoms with van der Waals surface area (Å²) in [6.45, 7) is 2.94. The zero-order chi connectivity index (χ0) is 10.1. The number of thioether (sulfide) groups is 1. The Morgan fingerprint density at radius 2 is 2.23 bits per heavy atom. The molecule has 0 spiro atoms. The van der Waals surface area contributed by atoms with Gasteiger partial charge in [-0.25, -0.2) is 0 Å². The zero-order valence-corrected chi connectivity index (χ0v) is 9.54. The molecule has 0 aromatic carbocycles. The van der Waals surface area contributed by atoms with E-state index in [9.17, 15) is 4.79 Å². The molecule has 1 atom stereocenters. The van der Waals surface area contributed by atoms with E-state index >= 15 is 0 Å². The summed E-state index contributed by atoms with van der Waals surface area (Å²) in [6, 6.07) is 0.541. The number of amides is 1. The third-order valence-electron chi connectivity index (χ3n) is 1.92. The molecule has 0 saturated carbocycles. The van der Waals surface area contributed by atoms with Crippen LogP contribution in [-0.2, 0) is 4.79 Å². The second-order valence-corrected chi connectivity index (χ2v) is 3.85. The Balaban J connectivity index is 3.42. The molecule has 0 rings (SSSR count). The van der Waals surface area contributed by atoms with Crippen LogP contribution in [-0.4, -0.2) is 37.6 Å². The van der Waals surface area contributed by atoms with Crippen LogP contribution in [0.4, 0.5) is 0 Å². The van der Waals surface area contributed by atoms with Gasteiger partial charge in [-0.05, 0) is 12.7 Å². The molecule has 13 heavy (non-hydrogen) atoms. The maximum absolute atomic E-state index is 10.9. The third-order valence-corrected chi connectivity index (χ3v) is 2.66. The molecule has 0 aromatic rings. The molecule has 2 N–H and O–H groups in total. The SMILES string of the molecule is CCC(CSC)NCCC(=O)NC. The van der Waals surface area contributed by atoms with Gasteiger partial charge in [-0.1, -0.05) is 6.92 Å². The van der Waals surface area contributed by atoms with Gasteiger partial charge in [0.2, 0.25) is 5.91 Å². The Morgan fingerprint density at radius 1 is 1.54 bits per heavy atom. The molecule has 3 nitrogen and oxygen atoms in total. The van der Waals surface area contributed by atoms with Crippen molar-refractivity contribution in [2.45, 2.75) is 25.8 Å². The molecule has 0 aliphatic carbocycles. The van der Waals surface area contributed by atoms with Gasteiger partial charge in [-0.3, -0.25) is 4.79 Å². The number of carbonyl (C=O) groups is 1. The van der Waals surface area contributed by atoms with Gasteiger partial charge in [0, 0.05) is 31.8 Å². The van der Waals surface area contributed by atoms with Crippen LogP contribution in [0.1, 0.15) is 19.8 Å². The van der Waals surface area contributed by atoms with Crippen molar-refractivity contribution in [3.8, 4) is 0 Å². The van der Waals surface area contributed by atoms with E-state index in [1.165, 1.54) is 0 Å². The second kappa shape index (κ2) is 8.38. The number of nitrogens with one attached hydrogen (secondary N) is 2. The monoisotopic (exact) mass is 204 g/mol. The Morgan fingerprint density at radius 3 is 2.69 bits per heavy atom. The van der Waals surface area contributed by atoms with Crippen molar-refractivity contribution in [2.75, 3.05) is 25.6 Å². The lowest BCUT2D eigenvalue weighted by Gasteiger charge is -2.14. The summed E-state index contributed by atoms with van der Waals surface area (Å²) in [5.41, 5.74) is 0. The first-order valence-electron chi connectivity index (χ1n) is 4.67. The molecule has 0 saturated heterocycles. The van der Waals surface area contributed by atoms with E-state index < -0.39 is 0 Å². The Bertz CT molecular complexity index is 142. The second-order valence-electron chi connectivity index (χ2n) is 2.94. The van der Waals surface area contributed by atoms with E-state index in [1.54, 1.807) is 7.05 Å². The van der Waals surface area contributed by atoms with Gasteiger partial charge < -0.3 is 10.6 Å². The topological polar surface area (TPSA) is 41.1 Å². The summed E-state index contributed by atoms with van der Waals surface area (Å²) in [4.78, 5) is 10.9. The van der Waals surface area contributed by atoms with Crippen LogP contribution < -0.4 is 10.6 Å². The normalized spacial score (nSPS) is 12.5. The highest BCUT2D eigenvalue weighted by atomic mass is 32.2. The van der Waals surface area contributed by atoms with E-state index in [-0.39, 0.29) is 5.91 Å². The lowest BCUT2D eigenvalue weighted by atomic mass is 10.2. The largest absolute Gasteiger partial charge is 0.359 e. The summed E-state index contributed by atoms with van der Waals surface area (Å²) in [6.07, 6.45) is 3.79. The molecule has 0 aliphatic heterocycles. The van der Waals surface area contributed by atoms with Crippen LogP contribution in [0.5, 0.6) is 0 Å². The highest BCUT2D eigenvalue weighted by Gasteiger charge is 2.04. The molecular formula is C9H20N2OS. The molecule has 0 fully saturated rings.